The molecule has 6 heteroatoms. The fourth-order valence-corrected chi connectivity index (χ4v) is 2.00. The van der Waals surface area contributed by atoms with Crippen molar-refractivity contribution in [2.24, 2.45) is 0 Å². The Morgan fingerprint density at radius 3 is 2.12 bits per heavy atom. The van der Waals surface area contributed by atoms with E-state index in [0.29, 0.717) is 0 Å². The third-order valence-electron chi connectivity index (χ3n) is 2.12. The monoisotopic (exact) mass is 265 g/mol. The number of hydrogen-bond donors (Lipinski definition) is 1. The van der Waals surface area contributed by atoms with Gasteiger partial charge in [0.05, 0.1) is 11.0 Å². The van der Waals surface area contributed by atoms with Crippen LogP contribution in [-0.4, -0.2) is 15.6 Å². The number of rotatable bonds is 4. The van der Waals surface area contributed by atoms with Gasteiger partial charge < -0.3 is 0 Å². The SMILES string of the molecule is CC(C)S(=O)N[C@H](c1ccccc1)C(F)(F)F. The van der Waals surface area contributed by atoms with Crippen LogP contribution >= 0.6 is 0 Å². The second-order valence-corrected chi connectivity index (χ2v) is 5.62. The molecule has 1 rings (SSSR count). The molecule has 0 radical (unpaired) electrons. The van der Waals surface area contributed by atoms with Crippen LogP contribution in [0.2, 0.25) is 0 Å². The van der Waals surface area contributed by atoms with Crippen molar-refractivity contribution in [2.75, 3.05) is 0 Å². The van der Waals surface area contributed by atoms with Gasteiger partial charge in [-0.1, -0.05) is 30.3 Å². The smallest absolute Gasteiger partial charge is 0.243 e. The van der Waals surface area contributed by atoms with Crippen LogP contribution in [0.1, 0.15) is 25.5 Å². The van der Waals surface area contributed by atoms with E-state index in [1.54, 1.807) is 19.9 Å². The molecule has 0 aliphatic rings. The minimum Gasteiger partial charge on any atom is -0.243 e. The number of alkyl halides is 3. The largest absolute Gasteiger partial charge is 0.408 e. The normalized spacial score (nSPS) is 15.9. The second kappa shape index (κ2) is 5.64. The lowest BCUT2D eigenvalue weighted by molar-refractivity contribution is -0.152. The highest BCUT2D eigenvalue weighted by molar-refractivity contribution is 7.83. The molecule has 0 saturated carbocycles. The summed E-state index contributed by atoms with van der Waals surface area (Å²) in [4.78, 5) is 0. The van der Waals surface area contributed by atoms with Crippen molar-refractivity contribution in [3.8, 4) is 0 Å². The number of halogens is 3. The number of nitrogens with one attached hydrogen (secondary N) is 1. The van der Waals surface area contributed by atoms with Gasteiger partial charge in [-0.2, -0.15) is 13.2 Å². The van der Waals surface area contributed by atoms with Crippen molar-refractivity contribution >= 4 is 11.0 Å². The zero-order valence-corrected chi connectivity index (χ0v) is 10.3. The minimum absolute atomic E-state index is 0.0639. The lowest BCUT2D eigenvalue weighted by Crippen LogP contribution is -2.37. The van der Waals surface area contributed by atoms with Crippen LogP contribution < -0.4 is 4.72 Å². The Bertz CT molecular complexity index is 378. The minimum atomic E-state index is -4.47. The molecule has 17 heavy (non-hydrogen) atoms. The van der Waals surface area contributed by atoms with Crippen LogP contribution in [-0.2, 0) is 11.0 Å². The molecule has 0 saturated heterocycles. The summed E-state index contributed by atoms with van der Waals surface area (Å²) in [5.74, 6) is 0. The first-order valence-corrected chi connectivity index (χ1v) is 6.32. The van der Waals surface area contributed by atoms with Gasteiger partial charge >= 0.3 is 6.18 Å². The van der Waals surface area contributed by atoms with Crippen LogP contribution in [0, 0.1) is 0 Å². The summed E-state index contributed by atoms with van der Waals surface area (Å²) in [7, 11) is -1.72. The summed E-state index contributed by atoms with van der Waals surface area (Å²) >= 11 is 0. The highest BCUT2D eigenvalue weighted by atomic mass is 32.2. The molecule has 0 fully saturated rings. The molecular formula is C11H14F3NOS. The van der Waals surface area contributed by atoms with E-state index in [1.807, 2.05) is 0 Å². The highest BCUT2D eigenvalue weighted by Gasteiger charge is 2.41. The Labute approximate surface area is 101 Å². The van der Waals surface area contributed by atoms with Gasteiger partial charge in [-0.25, -0.2) is 8.93 Å². The Balaban J connectivity index is 2.95. The predicted molar refractivity (Wildman–Crippen MR) is 61.7 cm³/mol. The van der Waals surface area contributed by atoms with E-state index in [-0.39, 0.29) is 10.8 Å². The molecule has 1 N–H and O–H groups in total. The fraction of sp³-hybridized carbons (Fsp3) is 0.455. The third-order valence-corrected chi connectivity index (χ3v) is 3.45. The van der Waals surface area contributed by atoms with E-state index < -0.39 is 23.2 Å². The maximum Gasteiger partial charge on any atom is 0.408 e. The van der Waals surface area contributed by atoms with E-state index in [9.17, 15) is 17.4 Å². The van der Waals surface area contributed by atoms with Gasteiger partial charge in [-0.05, 0) is 19.4 Å². The molecule has 1 aromatic carbocycles. The standard InChI is InChI=1S/C11H14F3NOS/c1-8(2)17(16)15-10(11(12,13)14)9-6-4-3-5-7-9/h3-8,10,15H,1-2H3/t10-,17?/m1/s1. The molecular weight excluding hydrogens is 251 g/mol. The molecule has 2 atom stereocenters. The maximum absolute atomic E-state index is 12.8. The van der Waals surface area contributed by atoms with Gasteiger partial charge in [-0.15, -0.1) is 0 Å². The molecule has 1 aromatic rings. The summed E-state index contributed by atoms with van der Waals surface area (Å²) in [6.45, 7) is 3.20. The van der Waals surface area contributed by atoms with Crippen LogP contribution in [0.15, 0.2) is 30.3 Å². The van der Waals surface area contributed by atoms with Crippen molar-refractivity contribution in [3.05, 3.63) is 35.9 Å². The lowest BCUT2D eigenvalue weighted by atomic mass is 10.1. The van der Waals surface area contributed by atoms with Gasteiger partial charge in [0.15, 0.2) is 0 Å². The average Bonchev–Trinajstić information content (AvgIpc) is 2.25. The van der Waals surface area contributed by atoms with Crippen LogP contribution in [0.25, 0.3) is 0 Å². The van der Waals surface area contributed by atoms with Crippen molar-refractivity contribution in [3.63, 3.8) is 0 Å². The Morgan fingerprint density at radius 1 is 1.18 bits per heavy atom. The van der Waals surface area contributed by atoms with Gasteiger partial charge in [-0.3, -0.25) is 0 Å². The molecule has 0 aromatic heterocycles. The summed E-state index contributed by atoms with van der Waals surface area (Å²) in [6.07, 6.45) is -4.47. The summed E-state index contributed by atoms with van der Waals surface area (Å²) in [5.41, 5.74) is 0.0639. The second-order valence-electron chi connectivity index (χ2n) is 3.85. The molecule has 0 aliphatic carbocycles. The Morgan fingerprint density at radius 2 is 1.71 bits per heavy atom. The molecule has 0 amide bonds. The van der Waals surface area contributed by atoms with Crippen LogP contribution in [0.3, 0.4) is 0 Å². The van der Waals surface area contributed by atoms with E-state index in [4.69, 9.17) is 0 Å². The zero-order chi connectivity index (χ0) is 13.1. The van der Waals surface area contributed by atoms with E-state index in [0.717, 1.165) is 0 Å². The third kappa shape index (κ3) is 4.12. The topological polar surface area (TPSA) is 29.1 Å². The van der Waals surface area contributed by atoms with E-state index in [2.05, 4.69) is 4.72 Å². The number of benzene rings is 1. The maximum atomic E-state index is 12.8. The molecule has 2 nitrogen and oxygen atoms in total. The number of hydrogen-bond acceptors (Lipinski definition) is 1. The quantitative estimate of drug-likeness (QED) is 0.891. The van der Waals surface area contributed by atoms with Crippen LogP contribution in [0.5, 0.6) is 0 Å². The first-order chi connectivity index (χ1) is 7.82. The first-order valence-electron chi connectivity index (χ1n) is 5.10. The summed E-state index contributed by atoms with van der Waals surface area (Å²) in [6, 6.07) is 5.51. The molecule has 0 bridgehead atoms. The van der Waals surface area contributed by atoms with Crippen molar-refractivity contribution in [2.45, 2.75) is 31.3 Å². The zero-order valence-electron chi connectivity index (χ0n) is 9.49. The van der Waals surface area contributed by atoms with Gasteiger partial charge in [0.25, 0.3) is 0 Å². The Kier molecular flexibility index (Phi) is 4.70. The molecule has 0 heterocycles. The fourth-order valence-electron chi connectivity index (χ4n) is 1.22. The summed E-state index contributed by atoms with van der Waals surface area (Å²) in [5, 5.41) is -0.372. The average molecular weight is 265 g/mol. The van der Waals surface area contributed by atoms with Gasteiger partial charge in [0, 0.05) is 5.25 Å². The molecule has 0 spiro atoms. The predicted octanol–water partition coefficient (Wildman–Crippen LogP) is 2.95. The molecule has 1 unspecified atom stereocenters. The Hall–Kier alpha value is -0.880. The highest BCUT2D eigenvalue weighted by Crippen LogP contribution is 2.32. The van der Waals surface area contributed by atoms with Gasteiger partial charge in [0.2, 0.25) is 0 Å². The van der Waals surface area contributed by atoms with E-state index >= 15 is 0 Å². The first kappa shape index (κ1) is 14.2. The van der Waals surface area contributed by atoms with Crippen molar-refractivity contribution in [1.82, 2.24) is 4.72 Å². The van der Waals surface area contributed by atoms with Crippen LogP contribution in [0.4, 0.5) is 13.2 Å². The van der Waals surface area contributed by atoms with Crippen molar-refractivity contribution < 1.29 is 17.4 Å². The molecule has 0 aliphatic heterocycles. The van der Waals surface area contributed by atoms with Gasteiger partial charge in [0.1, 0.15) is 6.04 Å². The molecule has 96 valence electrons. The lowest BCUT2D eigenvalue weighted by Gasteiger charge is -2.22. The summed E-state index contributed by atoms with van der Waals surface area (Å²) < 4.78 is 52.1. The van der Waals surface area contributed by atoms with E-state index in [1.165, 1.54) is 24.3 Å². The van der Waals surface area contributed by atoms with Crippen molar-refractivity contribution in [1.29, 1.82) is 0 Å².